The van der Waals surface area contributed by atoms with Crippen LogP contribution < -0.4 is 0 Å². The fourth-order valence-corrected chi connectivity index (χ4v) is 4.13. The Morgan fingerprint density at radius 2 is 1.00 bits per heavy atom. The summed E-state index contributed by atoms with van der Waals surface area (Å²) < 4.78 is -1.88. The van der Waals surface area contributed by atoms with Gasteiger partial charge in [-0.15, -0.1) is 0 Å². The Kier molecular flexibility index (Phi) is 10.4. The molecule has 0 amide bonds. The maximum atomic E-state index is 6.68. The van der Waals surface area contributed by atoms with Crippen LogP contribution in [-0.4, -0.2) is 0 Å². The number of hydrogen-bond donors (Lipinski definition) is 0. The summed E-state index contributed by atoms with van der Waals surface area (Å²) >= 11 is 26.7. The Morgan fingerprint density at radius 3 is 1.33 bits per heavy atom. The van der Waals surface area contributed by atoms with Crippen LogP contribution in [0, 0.1) is 0 Å². The van der Waals surface area contributed by atoms with Gasteiger partial charge in [0.25, 0.3) is 0 Å². The predicted octanol–water partition coefficient (Wildman–Crippen LogP) is 8.89. The first-order valence-electron chi connectivity index (χ1n) is 9.20. The molecule has 0 saturated carbocycles. The van der Waals surface area contributed by atoms with Gasteiger partial charge in [-0.1, -0.05) is 136 Å². The zero-order valence-electron chi connectivity index (χ0n) is 14.9. The molecule has 0 aliphatic rings. The van der Waals surface area contributed by atoms with Crippen molar-refractivity contribution in [3.8, 4) is 0 Å². The smallest absolute Gasteiger partial charge is 0.0963 e. The maximum Gasteiger partial charge on any atom is 0.143 e. The Hall–Kier alpha value is 0.380. The summed E-state index contributed by atoms with van der Waals surface area (Å²) in [6.45, 7) is 4.38. The van der Waals surface area contributed by atoms with Gasteiger partial charge in [0, 0.05) is 0 Å². The van der Waals surface area contributed by atoms with Gasteiger partial charge >= 0.3 is 0 Å². The van der Waals surface area contributed by atoms with Gasteiger partial charge in [0.15, 0.2) is 0 Å². The molecule has 1 aromatic rings. The molecular weight excluding hydrogens is 382 g/mol. The molecule has 1 aromatic carbocycles. The molecule has 0 atom stereocenters. The molecule has 0 aliphatic carbocycles. The minimum atomic E-state index is -0.942. The lowest BCUT2D eigenvalue weighted by atomic mass is 9.95. The van der Waals surface area contributed by atoms with Gasteiger partial charge in [-0.2, -0.15) is 0 Å². The van der Waals surface area contributed by atoms with Crippen LogP contribution in [0.4, 0.5) is 0 Å². The van der Waals surface area contributed by atoms with Gasteiger partial charge in [-0.25, -0.2) is 0 Å². The van der Waals surface area contributed by atoms with Crippen LogP contribution in [0.3, 0.4) is 0 Å². The first-order valence-corrected chi connectivity index (χ1v) is 10.7. The van der Waals surface area contributed by atoms with E-state index in [0.717, 1.165) is 36.8 Å². The van der Waals surface area contributed by atoms with Crippen LogP contribution in [0.15, 0.2) is 24.3 Å². The fraction of sp³-hybridized carbons (Fsp3) is 0.700. The highest BCUT2D eigenvalue weighted by atomic mass is 35.5. The number of alkyl halides is 4. The molecule has 24 heavy (non-hydrogen) atoms. The van der Waals surface area contributed by atoms with Gasteiger partial charge in [0.2, 0.25) is 0 Å². The Labute approximate surface area is 168 Å². The summed E-state index contributed by atoms with van der Waals surface area (Å²) in [6.07, 6.45) is 10.5. The number of unbranched alkanes of at least 4 members (excludes halogenated alkanes) is 6. The summed E-state index contributed by atoms with van der Waals surface area (Å²) in [5, 5.41) is 0. The molecule has 0 bridgehead atoms. The molecule has 0 fully saturated rings. The molecular formula is C20H30Cl4. The van der Waals surface area contributed by atoms with Crippen LogP contribution in [-0.2, 0) is 8.67 Å². The molecule has 0 aromatic heterocycles. The third-order valence-corrected chi connectivity index (χ3v) is 5.97. The lowest BCUT2D eigenvalue weighted by Crippen LogP contribution is -2.20. The predicted molar refractivity (Wildman–Crippen MR) is 111 cm³/mol. The fourth-order valence-electron chi connectivity index (χ4n) is 2.94. The van der Waals surface area contributed by atoms with E-state index in [1.165, 1.54) is 25.7 Å². The molecule has 0 heterocycles. The topological polar surface area (TPSA) is 0 Å². The first kappa shape index (κ1) is 22.4. The van der Waals surface area contributed by atoms with Gasteiger partial charge in [0.1, 0.15) is 8.67 Å². The number of hydrogen-bond acceptors (Lipinski definition) is 0. The molecule has 0 saturated heterocycles. The minimum Gasteiger partial charge on any atom is -0.0963 e. The zero-order chi connectivity index (χ0) is 18.1. The van der Waals surface area contributed by atoms with Crippen LogP contribution >= 0.6 is 46.4 Å². The highest BCUT2D eigenvalue weighted by molar-refractivity contribution is 6.50. The first-order chi connectivity index (χ1) is 11.3. The summed E-state index contributed by atoms with van der Waals surface area (Å²) in [4.78, 5) is 0. The van der Waals surface area contributed by atoms with E-state index < -0.39 is 8.67 Å². The molecule has 138 valence electrons. The van der Waals surface area contributed by atoms with Crippen molar-refractivity contribution in [3.05, 3.63) is 35.4 Å². The summed E-state index contributed by atoms with van der Waals surface area (Å²) in [5.74, 6) is 0. The van der Waals surface area contributed by atoms with E-state index in [0.29, 0.717) is 12.8 Å². The average Bonchev–Trinajstić information content (AvgIpc) is 2.56. The van der Waals surface area contributed by atoms with Crippen LogP contribution in [0.25, 0.3) is 0 Å². The molecule has 0 radical (unpaired) electrons. The number of benzene rings is 1. The average molecular weight is 412 g/mol. The molecule has 0 spiro atoms. The van der Waals surface area contributed by atoms with Crippen molar-refractivity contribution in [2.45, 2.75) is 86.7 Å². The van der Waals surface area contributed by atoms with E-state index in [1.54, 1.807) is 0 Å². The van der Waals surface area contributed by atoms with Gasteiger partial charge < -0.3 is 0 Å². The zero-order valence-corrected chi connectivity index (χ0v) is 17.9. The maximum absolute atomic E-state index is 6.68. The summed E-state index contributed by atoms with van der Waals surface area (Å²) in [6, 6.07) is 7.82. The standard InChI is InChI=1S/C20H30Cl4/c1-3-5-7-11-15-19(21,22)17-13-9-10-14-18(17)20(23,24)16-12-8-6-4-2/h9-10,13-14H,3-8,11-12,15-16H2,1-2H3. The van der Waals surface area contributed by atoms with Crippen LogP contribution in [0.5, 0.6) is 0 Å². The minimum absolute atomic E-state index is 0.715. The van der Waals surface area contributed by atoms with Crippen molar-refractivity contribution in [2.75, 3.05) is 0 Å². The van der Waals surface area contributed by atoms with Crippen LogP contribution in [0.2, 0.25) is 0 Å². The Balaban J connectivity index is 2.85. The lowest BCUT2D eigenvalue weighted by Gasteiger charge is -2.29. The normalized spacial score (nSPS) is 12.6. The monoisotopic (exact) mass is 410 g/mol. The van der Waals surface area contributed by atoms with E-state index in [2.05, 4.69) is 13.8 Å². The molecule has 0 nitrogen and oxygen atoms in total. The number of rotatable bonds is 12. The van der Waals surface area contributed by atoms with Crippen molar-refractivity contribution in [3.63, 3.8) is 0 Å². The second-order valence-electron chi connectivity index (χ2n) is 6.58. The molecule has 0 aliphatic heterocycles. The lowest BCUT2D eigenvalue weighted by molar-refractivity contribution is 0.581. The van der Waals surface area contributed by atoms with Crippen molar-refractivity contribution in [1.29, 1.82) is 0 Å². The SMILES string of the molecule is CCCCCCC(Cl)(Cl)c1ccccc1C(Cl)(Cl)CCCCCC. The third-order valence-electron chi connectivity index (χ3n) is 4.40. The molecule has 0 N–H and O–H groups in total. The number of halogens is 4. The van der Waals surface area contributed by atoms with Crippen LogP contribution in [0.1, 0.15) is 89.2 Å². The Morgan fingerprint density at radius 1 is 0.625 bits per heavy atom. The van der Waals surface area contributed by atoms with E-state index >= 15 is 0 Å². The second kappa shape index (κ2) is 11.2. The highest BCUT2D eigenvalue weighted by Gasteiger charge is 2.36. The molecule has 0 unspecified atom stereocenters. The van der Waals surface area contributed by atoms with E-state index in [9.17, 15) is 0 Å². The molecule has 1 rings (SSSR count). The Bertz CT molecular complexity index is 425. The van der Waals surface area contributed by atoms with Gasteiger partial charge in [0.05, 0.1) is 0 Å². The van der Waals surface area contributed by atoms with Crippen molar-refractivity contribution in [2.24, 2.45) is 0 Å². The van der Waals surface area contributed by atoms with Crippen molar-refractivity contribution >= 4 is 46.4 Å². The molecule has 4 heteroatoms. The summed E-state index contributed by atoms with van der Waals surface area (Å²) in [5.41, 5.74) is 1.70. The largest absolute Gasteiger partial charge is 0.143 e. The summed E-state index contributed by atoms with van der Waals surface area (Å²) in [7, 11) is 0. The van der Waals surface area contributed by atoms with Gasteiger partial charge in [-0.05, 0) is 24.0 Å². The van der Waals surface area contributed by atoms with E-state index in [4.69, 9.17) is 46.4 Å². The van der Waals surface area contributed by atoms with E-state index in [-0.39, 0.29) is 0 Å². The van der Waals surface area contributed by atoms with Gasteiger partial charge in [-0.3, -0.25) is 0 Å². The highest BCUT2D eigenvalue weighted by Crippen LogP contribution is 2.48. The third kappa shape index (κ3) is 7.32. The second-order valence-corrected chi connectivity index (χ2v) is 9.54. The van der Waals surface area contributed by atoms with Crippen molar-refractivity contribution in [1.82, 2.24) is 0 Å². The van der Waals surface area contributed by atoms with Crippen molar-refractivity contribution < 1.29 is 0 Å². The van der Waals surface area contributed by atoms with E-state index in [1.807, 2.05) is 24.3 Å². The quantitative estimate of drug-likeness (QED) is 0.238.